The summed E-state index contributed by atoms with van der Waals surface area (Å²) in [6.07, 6.45) is 5.19. The summed E-state index contributed by atoms with van der Waals surface area (Å²) in [6, 6.07) is 7.39. The number of halogens is 1. The highest BCUT2D eigenvalue weighted by Crippen LogP contribution is 2.42. The zero-order valence-electron chi connectivity index (χ0n) is 20.1. The second kappa shape index (κ2) is 12.5. The summed E-state index contributed by atoms with van der Waals surface area (Å²) in [7, 11) is 0. The average Bonchev–Trinajstić information content (AvgIpc) is 3.38. The van der Waals surface area contributed by atoms with Crippen LogP contribution >= 0.6 is 11.6 Å². The lowest BCUT2D eigenvalue weighted by Crippen LogP contribution is -2.40. The standard InChI is InChI=1S/C26H37ClO8/c27-19-7-1-2-8-20(19)31-15-17(33-24-9-3-5-11-29-24)16-32-26-18-13-23(28)34-21(18)14-22(26)35-25-10-4-6-12-30-25/h1-2,7-8,17-18,21-26,28H,3-6,9-16H2/t17?,18-,21?,22?,23?,24?,25?,26?/m1/s1. The van der Waals surface area contributed by atoms with E-state index in [0.29, 0.717) is 36.8 Å². The van der Waals surface area contributed by atoms with Crippen LogP contribution in [0.4, 0.5) is 0 Å². The van der Waals surface area contributed by atoms with E-state index in [4.69, 9.17) is 44.8 Å². The zero-order chi connectivity index (χ0) is 24.0. The molecular formula is C26H37ClO8. The van der Waals surface area contributed by atoms with E-state index < -0.39 is 6.29 Å². The third-order valence-electron chi connectivity index (χ3n) is 7.22. The third kappa shape index (κ3) is 6.87. The van der Waals surface area contributed by atoms with Crippen molar-refractivity contribution in [3.8, 4) is 5.75 Å². The fourth-order valence-corrected chi connectivity index (χ4v) is 5.65. The second-order valence-electron chi connectivity index (χ2n) is 9.83. The number of hydrogen-bond acceptors (Lipinski definition) is 8. The smallest absolute Gasteiger partial charge is 0.158 e. The first kappa shape index (κ1) is 25.7. The molecule has 3 heterocycles. The molecule has 0 amide bonds. The van der Waals surface area contributed by atoms with Crippen molar-refractivity contribution < 1.29 is 38.3 Å². The van der Waals surface area contributed by atoms with E-state index in [2.05, 4.69) is 0 Å². The zero-order valence-corrected chi connectivity index (χ0v) is 20.9. The quantitative estimate of drug-likeness (QED) is 0.502. The van der Waals surface area contributed by atoms with Gasteiger partial charge in [0.15, 0.2) is 18.9 Å². The number of ether oxygens (including phenoxy) is 7. The molecular weight excluding hydrogens is 476 g/mol. The topological polar surface area (TPSA) is 84.8 Å². The summed E-state index contributed by atoms with van der Waals surface area (Å²) in [6.45, 7) is 2.00. The molecule has 0 spiro atoms. The van der Waals surface area contributed by atoms with Gasteiger partial charge in [0.2, 0.25) is 0 Å². The Morgan fingerprint density at radius 3 is 2.49 bits per heavy atom. The Bertz CT molecular complexity index is 784. The van der Waals surface area contributed by atoms with Gasteiger partial charge in [0.1, 0.15) is 18.5 Å². The maximum atomic E-state index is 10.1. The third-order valence-corrected chi connectivity index (χ3v) is 7.53. The van der Waals surface area contributed by atoms with E-state index in [1.54, 1.807) is 6.07 Å². The molecule has 4 aliphatic rings. The minimum absolute atomic E-state index is 0.0645. The van der Waals surface area contributed by atoms with Crippen LogP contribution in [0.3, 0.4) is 0 Å². The van der Waals surface area contributed by atoms with Crippen molar-refractivity contribution in [1.82, 2.24) is 0 Å². The van der Waals surface area contributed by atoms with E-state index in [9.17, 15) is 5.11 Å². The number of rotatable bonds is 10. The first-order valence-electron chi connectivity index (χ1n) is 13.0. The largest absolute Gasteiger partial charge is 0.489 e. The molecule has 7 unspecified atom stereocenters. The number of fused-ring (bicyclic) bond motifs is 1. The molecule has 35 heavy (non-hydrogen) atoms. The van der Waals surface area contributed by atoms with Crippen LogP contribution in [0.15, 0.2) is 24.3 Å². The van der Waals surface area contributed by atoms with Crippen LogP contribution in [-0.4, -0.2) is 74.8 Å². The van der Waals surface area contributed by atoms with Gasteiger partial charge in [0.05, 0.1) is 29.9 Å². The first-order chi connectivity index (χ1) is 17.2. The van der Waals surface area contributed by atoms with Crippen molar-refractivity contribution in [2.45, 2.75) is 94.7 Å². The Morgan fingerprint density at radius 2 is 1.74 bits per heavy atom. The molecule has 1 aliphatic carbocycles. The van der Waals surface area contributed by atoms with Crippen LogP contribution < -0.4 is 4.74 Å². The monoisotopic (exact) mass is 512 g/mol. The van der Waals surface area contributed by atoms with Gasteiger partial charge in [0.25, 0.3) is 0 Å². The van der Waals surface area contributed by atoms with Crippen molar-refractivity contribution in [1.29, 1.82) is 0 Å². The summed E-state index contributed by atoms with van der Waals surface area (Å²) in [5.74, 6) is 0.672. The molecule has 4 fully saturated rings. The highest BCUT2D eigenvalue weighted by atomic mass is 35.5. The van der Waals surface area contributed by atoms with Crippen LogP contribution in [0.1, 0.15) is 51.4 Å². The molecule has 1 N–H and O–H groups in total. The van der Waals surface area contributed by atoms with E-state index in [0.717, 1.165) is 45.1 Å². The fraction of sp³-hybridized carbons (Fsp3) is 0.769. The highest BCUT2D eigenvalue weighted by molar-refractivity contribution is 6.32. The Balaban J connectivity index is 1.23. The van der Waals surface area contributed by atoms with Crippen LogP contribution in [0.25, 0.3) is 0 Å². The summed E-state index contributed by atoms with van der Waals surface area (Å²) in [5, 5.41) is 10.6. The second-order valence-corrected chi connectivity index (χ2v) is 10.2. The van der Waals surface area contributed by atoms with E-state index in [1.165, 1.54) is 0 Å². The predicted molar refractivity (Wildman–Crippen MR) is 127 cm³/mol. The van der Waals surface area contributed by atoms with Gasteiger partial charge >= 0.3 is 0 Å². The molecule has 3 saturated heterocycles. The Labute approximate surface area is 212 Å². The van der Waals surface area contributed by atoms with Crippen molar-refractivity contribution in [2.75, 3.05) is 26.4 Å². The Kier molecular flexibility index (Phi) is 9.18. The molecule has 8 nitrogen and oxygen atoms in total. The van der Waals surface area contributed by atoms with Gasteiger partial charge in [-0.15, -0.1) is 0 Å². The molecule has 0 bridgehead atoms. The van der Waals surface area contributed by atoms with Crippen molar-refractivity contribution >= 4 is 11.6 Å². The molecule has 196 valence electrons. The summed E-state index contributed by atoms with van der Waals surface area (Å²) in [4.78, 5) is 0. The van der Waals surface area contributed by atoms with E-state index in [-0.39, 0.29) is 49.5 Å². The molecule has 8 atom stereocenters. The highest BCUT2D eigenvalue weighted by Gasteiger charge is 2.51. The van der Waals surface area contributed by atoms with Crippen LogP contribution in [0.5, 0.6) is 5.75 Å². The number of para-hydroxylation sites is 1. The lowest BCUT2D eigenvalue weighted by Gasteiger charge is -2.32. The van der Waals surface area contributed by atoms with Crippen molar-refractivity contribution in [3.63, 3.8) is 0 Å². The Morgan fingerprint density at radius 1 is 0.971 bits per heavy atom. The molecule has 1 saturated carbocycles. The summed E-state index contributed by atoms with van der Waals surface area (Å²) >= 11 is 6.28. The predicted octanol–water partition coefficient (Wildman–Crippen LogP) is 4.05. The molecule has 9 heteroatoms. The van der Waals surface area contributed by atoms with Gasteiger partial charge < -0.3 is 38.3 Å². The molecule has 0 radical (unpaired) electrons. The maximum absolute atomic E-state index is 10.1. The number of aliphatic hydroxyl groups excluding tert-OH is 1. The Hall–Kier alpha value is -0.970. The fourth-order valence-electron chi connectivity index (χ4n) is 5.46. The lowest BCUT2D eigenvalue weighted by atomic mass is 10.0. The molecule has 3 aliphatic heterocycles. The number of hydrogen-bond donors (Lipinski definition) is 1. The summed E-state index contributed by atoms with van der Waals surface area (Å²) in [5.41, 5.74) is 0. The van der Waals surface area contributed by atoms with Gasteiger partial charge in [-0.25, -0.2) is 0 Å². The first-order valence-corrected chi connectivity index (χ1v) is 13.4. The van der Waals surface area contributed by atoms with Crippen LogP contribution in [0, 0.1) is 5.92 Å². The molecule has 1 aromatic carbocycles. The van der Waals surface area contributed by atoms with Crippen LogP contribution in [0.2, 0.25) is 5.02 Å². The lowest BCUT2D eigenvalue weighted by molar-refractivity contribution is -0.227. The van der Waals surface area contributed by atoms with E-state index >= 15 is 0 Å². The van der Waals surface area contributed by atoms with Gasteiger partial charge in [-0.05, 0) is 50.7 Å². The minimum atomic E-state index is -0.755. The van der Waals surface area contributed by atoms with Crippen molar-refractivity contribution in [2.24, 2.45) is 5.92 Å². The summed E-state index contributed by atoms with van der Waals surface area (Å²) < 4.78 is 42.5. The average molecular weight is 513 g/mol. The van der Waals surface area contributed by atoms with Gasteiger partial charge in [0, 0.05) is 32.0 Å². The normalized spacial score (nSPS) is 36.1. The van der Waals surface area contributed by atoms with Crippen LogP contribution in [-0.2, 0) is 28.4 Å². The SMILES string of the molecule is OC1C[C@@H]2C(CC(OC3CCCCO3)C2OCC(COc2ccccc2Cl)OC2CCCCO2)O1. The van der Waals surface area contributed by atoms with Gasteiger partial charge in [-0.2, -0.15) is 0 Å². The van der Waals surface area contributed by atoms with Crippen molar-refractivity contribution in [3.05, 3.63) is 29.3 Å². The molecule has 5 rings (SSSR count). The molecule has 1 aromatic rings. The molecule has 0 aromatic heterocycles. The van der Waals surface area contributed by atoms with E-state index in [1.807, 2.05) is 18.2 Å². The minimum Gasteiger partial charge on any atom is -0.489 e. The number of aliphatic hydroxyl groups is 1. The number of benzene rings is 1. The van der Waals surface area contributed by atoms with Gasteiger partial charge in [-0.1, -0.05) is 23.7 Å². The maximum Gasteiger partial charge on any atom is 0.158 e. The van der Waals surface area contributed by atoms with Gasteiger partial charge in [-0.3, -0.25) is 0 Å².